The molecule has 0 saturated carbocycles. The molecule has 0 amide bonds. The number of thioether (sulfide) groups is 1. The number of hydrogen-bond donors (Lipinski definition) is 1. The van der Waals surface area contributed by atoms with Crippen molar-refractivity contribution in [2.75, 3.05) is 39.1 Å². The van der Waals surface area contributed by atoms with E-state index in [0.29, 0.717) is 24.2 Å². The third-order valence-electron chi connectivity index (χ3n) is 7.10. The van der Waals surface area contributed by atoms with Crippen molar-refractivity contribution >= 4 is 22.7 Å². The van der Waals surface area contributed by atoms with Crippen molar-refractivity contribution in [3.05, 3.63) is 59.9 Å². The predicted molar refractivity (Wildman–Crippen MR) is 136 cm³/mol. The average molecular weight is 484 g/mol. The zero-order valence-corrected chi connectivity index (χ0v) is 20.9. The lowest BCUT2D eigenvalue weighted by Crippen LogP contribution is -2.42. The topological polar surface area (TPSA) is 58.5 Å². The minimum absolute atomic E-state index is 0.111. The molecule has 1 atom stereocenters. The molecule has 1 saturated heterocycles. The number of nitrogens with zero attached hydrogens (tertiary/aromatic N) is 3. The standard InChI is InChI=1S/C27H34FN3O2S/c1-20-18-30-24-7-6-21(33-2)17-22(24)26(20)23(28)8-9-27(19-32)10-13-31(14-11-27)15-16-34-25-5-3-4-12-29-25/h3-7,12,17-18,23,32H,8-11,13-16,19H2,1-2H3. The van der Waals surface area contributed by atoms with Crippen molar-refractivity contribution in [3.8, 4) is 5.75 Å². The number of aliphatic hydroxyl groups excluding tert-OH is 1. The summed E-state index contributed by atoms with van der Waals surface area (Å²) in [6.45, 7) is 4.90. The van der Waals surface area contributed by atoms with Gasteiger partial charge in [0.1, 0.15) is 11.9 Å². The number of hydrogen-bond acceptors (Lipinski definition) is 6. The van der Waals surface area contributed by atoms with Gasteiger partial charge >= 0.3 is 0 Å². The molecule has 0 bridgehead atoms. The van der Waals surface area contributed by atoms with Crippen LogP contribution in [0.25, 0.3) is 10.9 Å². The molecule has 1 aliphatic rings. The first-order chi connectivity index (χ1) is 16.5. The molecule has 182 valence electrons. The number of aromatic nitrogens is 2. The Hall–Kier alpha value is -2.22. The number of benzene rings is 1. The van der Waals surface area contributed by atoms with Gasteiger partial charge < -0.3 is 14.7 Å². The molecule has 0 spiro atoms. The lowest BCUT2D eigenvalue weighted by molar-refractivity contribution is 0.0323. The van der Waals surface area contributed by atoms with Crippen molar-refractivity contribution < 1.29 is 14.2 Å². The number of aryl methyl sites for hydroxylation is 1. The highest BCUT2D eigenvalue weighted by molar-refractivity contribution is 7.99. The van der Waals surface area contributed by atoms with Crippen LogP contribution in [0.1, 0.15) is 43.0 Å². The van der Waals surface area contributed by atoms with Crippen LogP contribution in [0.4, 0.5) is 4.39 Å². The predicted octanol–water partition coefficient (Wildman–Crippen LogP) is 5.60. The number of alkyl halides is 1. The maximum absolute atomic E-state index is 15.7. The number of piperidine rings is 1. The fourth-order valence-electron chi connectivity index (χ4n) is 4.86. The van der Waals surface area contributed by atoms with Gasteiger partial charge in [-0.05, 0) is 92.6 Å². The van der Waals surface area contributed by atoms with Crippen LogP contribution in [0.15, 0.2) is 53.8 Å². The smallest absolute Gasteiger partial charge is 0.126 e. The van der Waals surface area contributed by atoms with Crippen LogP contribution in [0.3, 0.4) is 0 Å². The Bertz CT molecular complexity index is 1070. The Morgan fingerprint density at radius 2 is 2.03 bits per heavy atom. The number of fused-ring (bicyclic) bond motifs is 1. The fraction of sp³-hybridized carbons (Fsp3) is 0.481. The van der Waals surface area contributed by atoms with Crippen molar-refractivity contribution in [1.82, 2.24) is 14.9 Å². The molecule has 1 aromatic carbocycles. The number of rotatable bonds is 10. The zero-order chi connectivity index (χ0) is 24.0. The van der Waals surface area contributed by atoms with Gasteiger partial charge in [-0.1, -0.05) is 6.07 Å². The van der Waals surface area contributed by atoms with E-state index in [2.05, 4.69) is 14.9 Å². The summed E-state index contributed by atoms with van der Waals surface area (Å²) in [5, 5.41) is 12.1. The van der Waals surface area contributed by atoms with Crippen LogP contribution >= 0.6 is 11.8 Å². The van der Waals surface area contributed by atoms with Gasteiger partial charge in [0.05, 0.1) is 17.7 Å². The highest BCUT2D eigenvalue weighted by Gasteiger charge is 2.35. The van der Waals surface area contributed by atoms with Gasteiger partial charge in [0.2, 0.25) is 0 Å². The summed E-state index contributed by atoms with van der Waals surface area (Å²) in [6, 6.07) is 11.6. The Morgan fingerprint density at radius 3 is 2.74 bits per heavy atom. The van der Waals surface area contributed by atoms with Gasteiger partial charge in [0.15, 0.2) is 0 Å². The summed E-state index contributed by atoms with van der Waals surface area (Å²) < 4.78 is 21.0. The van der Waals surface area contributed by atoms with Crippen LogP contribution in [-0.2, 0) is 0 Å². The molecule has 3 aromatic rings. The fourth-order valence-corrected chi connectivity index (χ4v) is 5.73. The van der Waals surface area contributed by atoms with Gasteiger partial charge in [0.25, 0.3) is 0 Å². The van der Waals surface area contributed by atoms with E-state index < -0.39 is 6.17 Å². The number of methoxy groups -OCH3 is 1. The quantitative estimate of drug-likeness (QED) is 0.379. The third kappa shape index (κ3) is 5.88. The molecule has 5 nitrogen and oxygen atoms in total. The Morgan fingerprint density at radius 1 is 1.21 bits per heavy atom. The number of ether oxygens (including phenoxy) is 1. The molecule has 1 unspecified atom stereocenters. The molecule has 0 aliphatic carbocycles. The van der Waals surface area contributed by atoms with Crippen molar-refractivity contribution in [2.24, 2.45) is 5.41 Å². The van der Waals surface area contributed by atoms with Gasteiger partial charge in [0, 0.05) is 36.7 Å². The second kappa shape index (κ2) is 11.5. The lowest BCUT2D eigenvalue weighted by atomic mass is 9.74. The summed E-state index contributed by atoms with van der Waals surface area (Å²) in [6.07, 6.45) is 5.34. The van der Waals surface area contributed by atoms with Crippen molar-refractivity contribution in [3.63, 3.8) is 0 Å². The van der Waals surface area contributed by atoms with E-state index in [0.717, 1.165) is 59.7 Å². The third-order valence-corrected chi connectivity index (χ3v) is 8.03. The number of pyridine rings is 2. The van der Waals surface area contributed by atoms with E-state index in [1.165, 1.54) is 0 Å². The minimum Gasteiger partial charge on any atom is -0.497 e. The largest absolute Gasteiger partial charge is 0.497 e. The summed E-state index contributed by atoms with van der Waals surface area (Å²) in [5.74, 6) is 1.70. The molecule has 3 heterocycles. The van der Waals surface area contributed by atoms with E-state index in [-0.39, 0.29) is 12.0 Å². The molecule has 1 fully saturated rings. The Balaban J connectivity index is 1.34. The first kappa shape index (κ1) is 24.9. The molecular formula is C27H34FN3O2S. The van der Waals surface area contributed by atoms with Crippen molar-refractivity contribution in [1.29, 1.82) is 0 Å². The van der Waals surface area contributed by atoms with Crippen LogP contribution in [0.5, 0.6) is 5.75 Å². The minimum atomic E-state index is -1.10. The molecule has 0 radical (unpaired) electrons. The monoisotopic (exact) mass is 483 g/mol. The van der Waals surface area contributed by atoms with Gasteiger partial charge in [-0.2, -0.15) is 0 Å². The number of likely N-dealkylation sites (tertiary alicyclic amines) is 1. The first-order valence-electron chi connectivity index (χ1n) is 12.0. The lowest BCUT2D eigenvalue weighted by Gasteiger charge is -2.41. The summed E-state index contributed by atoms with van der Waals surface area (Å²) >= 11 is 1.77. The molecule has 4 rings (SSSR count). The van der Waals surface area contributed by atoms with E-state index in [1.54, 1.807) is 25.1 Å². The van der Waals surface area contributed by atoms with E-state index in [1.807, 2.05) is 49.5 Å². The molecule has 1 N–H and O–H groups in total. The summed E-state index contributed by atoms with van der Waals surface area (Å²) in [4.78, 5) is 11.3. The van der Waals surface area contributed by atoms with Crippen LogP contribution < -0.4 is 4.74 Å². The second-order valence-electron chi connectivity index (χ2n) is 9.26. The summed E-state index contributed by atoms with van der Waals surface area (Å²) in [5.41, 5.74) is 2.12. The van der Waals surface area contributed by atoms with E-state index in [9.17, 15) is 5.11 Å². The van der Waals surface area contributed by atoms with Gasteiger partial charge in [-0.25, -0.2) is 9.37 Å². The highest BCUT2D eigenvalue weighted by Crippen LogP contribution is 2.41. The van der Waals surface area contributed by atoms with Crippen LogP contribution in [0.2, 0.25) is 0 Å². The first-order valence-corrected chi connectivity index (χ1v) is 13.0. The van der Waals surface area contributed by atoms with E-state index in [4.69, 9.17) is 4.74 Å². The number of aliphatic hydroxyl groups is 1. The molecule has 1 aliphatic heterocycles. The normalized spacial score (nSPS) is 17.1. The molecule has 34 heavy (non-hydrogen) atoms. The summed E-state index contributed by atoms with van der Waals surface area (Å²) in [7, 11) is 1.62. The van der Waals surface area contributed by atoms with Crippen LogP contribution in [-0.4, -0.2) is 59.1 Å². The molecular weight excluding hydrogens is 449 g/mol. The van der Waals surface area contributed by atoms with Gasteiger partial charge in [-0.15, -0.1) is 11.8 Å². The zero-order valence-electron chi connectivity index (χ0n) is 20.0. The maximum atomic E-state index is 15.7. The second-order valence-corrected chi connectivity index (χ2v) is 10.4. The maximum Gasteiger partial charge on any atom is 0.126 e. The molecule has 7 heteroatoms. The SMILES string of the molecule is COc1ccc2ncc(C)c(C(F)CCC3(CO)CCN(CCSc4ccccn4)CC3)c2c1. The van der Waals surface area contributed by atoms with Gasteiger partial charge in [-0.3, -0.25) is 4.98 Å². The number of halogens is 1. The van der Waals surface area contributed by atoms with E-state index >= 15 is 4.39 Å². The highest BCUT2D eigenvalue weighted by atomic mass is 32.2. The Kier molecular flexibility index (Phi) is 8.40. The van der Waals surface area contributed by atoms with Crippen molar-refractivity contribution in [2.45, 2.75) is 43.8 Å². The molecule has 2 aromatic heterocycles. The average Bonchev–Trinajstić information content (AvgIpc) is 2.88. The van der Waals surface area contributed by atoms with Crippen LogP contribution in [0, 0.1) is 12.3 Å². The Labute approximate surface area is 205 Å².